The van der Waals surface area contributed by atoms with Crippen LogP contribution >= 0.6 is 0 Å². The van der Waals surface area contributed by atoms with Gasteiger partial charge in [0.25, 0.3) is 5.91 Å². The number of ether oxygens (including phenoxy) is 4. The van der Waals surface area contributed by atoms with Crippen LogP contribution in [0.25, 0.3) is 11.0 Å². The maximum Gasteiger partial charge on any atom is 0.332 e. The number of nitrogens with zero attached hydrogens (tertiary/aromatic N) is 6. The summed E-state index contributed by atoms with van der Waals surface area (Å²) < 4.78 is 24.9. The molecule has 0 bridgehead atoms. The summed E-state index contributed by atoms with van der Waals surface area (Å²) in [7, 11) is 1.73. The second-order valence-corrected chi connectivity index (χ2v) is 14.7. The predicted molar refractivity (Wildman–Crippen MR) is 196 cm³/mol. The molecule has 6 heterocycles. The average molecular weight is 788 g/mol. The van der Waals surface area contributed by atoms with Gasteiger partial charge >= 0.3 is 6.03 Å². The minimum Gasteiger partial charge on any atom is -0.394 e. The molecular weight excluding hydrogens is 738 g/mol. The Morgan fingerprint density at radius 1 is 0.929 bits per heavy atom. The van der Waals surface area contributed by atoms with Crippen LogP contribution in [-0.2, 0) is 28.5 Å². The first kappa shape index (κ1) is 41.1. The molecule has 10 atom stereocenters. The van der Waals surface area contributed by atoms with Gasteiger partial charge in [0.1, 0.15) is 60.6 Å². The number of carbonyl (C=O) groups is 3. The van der Waals surface area contributed by atoms with Gasteiger partial charge in [0.05, 0.1) is 29.5 Å². The Kier molecular flexibility index (Phi) is 12.4. The van der Waals surface area contributed by atoms with E-state index in [0.29, 0.717) is 35.8 Å². The Labute approximate surface area is 321 Å². The van der Waals surface area contributed by atoms with Gasteiger partial charge in [-0.3, -0.25) is 19.5 Å². The molecule has 0 spiro atoms. The molecule has 3 aliphatic heterocycles. The van der Waals surface area contributed by atoms with Crippen molar-refractivity contribution in [3.63, 3.8) is 0 Å². The zero-order chi connectivity index (χ0) is 40.5. The molecule has 3 aliphatic rings. The number of nitrogens with one attached hydrogen (secondary N) is 3. The summed E-state index contributed by atoms with van der Waals surface area (Å²) in [6, 6.07) is 3.51. The SMILES string of the molecule is CNc1ncnc2c1ccn2C(=O)Nc1ccc(N2CCN(C(=O)C3OC(OC4C(O)C(CO)OC(OC(C)(C)C)C4NC(C)=O)C(O)C(O)C3O)CC2)cn1. The molecule has 3 aromatic rings. The summed E-state index contributed by atoms with van der Waals surface area (Å²) in [5.41, 5.74) is 0.352. The summed E-state index contributed by atoms with van der Waals surface area (Å²) in [6.07, 6.45) is -9.99. The monoisotopic (exact) mass is 787 g/mol. The first-order valence-corrected chi connectivity index (χ1v) is 18.2. The minimum atomic E-state index is -1.89. The highest BCUT2D eigenvalue weighted by atomic mass is 16.7. The zero-order valence-electron chi connectivity index (χ0n) is 31.6. The van der Waals surface area contributed by atoms with E-state index in [9.17, 15) is 39.9 Å². The summed E-state index contributed by atoms with van der Waals surface area (Å²) in [4.78, 5) is 55.2. The molecule has 56 heavy (non-hydrogen) atoms. The van der Waals surface area contributed by atoms with Gasteiger partial charge in [0.15, 0.2) is 24.3 Å². The summed E-state index contributed by atoms with van der Waals surface area (Å²) in [6.45, 7) is 6.88. The number of amides is 3. The Morgan fingerprint density at radius 3 is 2.29 bits per heavy atom. The fourth-order valence-electron chi connectivity index (χ4n) is 6.88. The maximum absolute atomic E-state index is 13.8. The highest BCUT2D eigenvalue weighted by Crippen LogP contribution is 2.32. The van der Waals surface area contributed by atoms with Gasteiger partial charge in [0.2, 0.25) is 5.91 Å². The Hall–Kier alpha value is -4.58. The fraction of sp³-hybridized carbons (Fsp3) is 0.600. The molecule has 3 amide bonds. The van der Waals surface area contributed by atoms with Crippen LogP contribution in [0.4, 0.5) is 22.1 Å². The Bertz CT molecular complexity index is 1850. The van der Waals surface area contributed by atoms with E-state index in [4.69, 9.17) is 18.9 Å². The fourth-order valence-corrected chi connectivity index (χ4v) is 6.88. The molecule has 0 aromatic carbocycles. The molecule has 0 aliphatic carbocycles. The van der Waals surface area contributed by atoms with Gasteiger partial charge < -0.3 is 64.9 Å². The number of anilines is 3. The third-order valence-electron chi connectivity index (χ3n) is 9.67. The van der Waals surface area contributed by atoms with Gasteiger partial charge in [-0.25, -0.2) is 19.7 Å². The van der Waals surface area contributed by atoms with E-state index in [1.54, 1.807) is 58.4 Å². The first-order valence-electron chi connectivity index (χ1n) is 18.2. The lowest BCUT2D eigenvalue weighted by atomic mass is 9.94. The summed E-state index contributed by atoms with van der Waals surface area (Å²) in [5.74, 6) is -0.313. The number of pyridine rings is 1. The number of fused-ring (bicyclic) bond motifs is 1. The van der Waals surface area contributed by atoms with Crippen LogP contribution in [0.5, 0.6) is 0 Å². The number of hydrogen-bond acceptors (Lipinski definition) is 17. The molecule has 3 aromatic heterocycles. The number of rotatable bonds is 9. The molecule has 0 saturated carbocycles. The predicted octanol–water partition coefficient (Wildman–Crippen LogP) is -1.81. The summed E-state index contributed by atoms with van der Waals surface area (Å²) >= 11 is 0. The highest BCUT2D eigenvalue weighted by molar-refractivity contribution is 5.99. The number of carbonyl (C=O) groups excluding carboxylic acids is 3. The molecule has 3 saturated heterocycles. The number of aliphatic hydroxyl groups excluding tert-OH is 5. The molecule has 0 radical (unpaired) electrons. The number of aromatic nitrogens is 4. The van der Waals surface area contributed by atoms with Crippen molar-refractivity contribution in [3.05, 3.63) is 36.9 Å². The quantitative estimate of drug-likeness (QED) is 0.119. The highest BCUT2D eigenvalue weighted by Gasteiger charge is 2.53. The van der Waals surface area contributed by atoms with Crippen LogP contribution < -0.4 is 20.9 Å². The van der Waals surface area contributed by atoms with E-state index >= 15 is 0 Å². The average Bonchev–Trinajstić information content (AvgIpc) is 3.61. The third kappa shape index (κ3) is 8.70. The summed E-state index contributed by atoms with van der Waals surface area (Å²) in [5, 5.41) is 62.7. The van der Waals surface area contributed by atoms with Crippen LogP contribution in [0.3, 0.4) is 0 Å². The van der Waals surface area contributed by atoms with Crippen molar-refractivity contribution in [2.45, 2.75) is 94.6 Å². The van der Waals surface area contributed by atoms with Crippen LogP contribution in [0, 0.1) is 0 Å². The van der Waals surface area contributed by atoms with E-state index in [1.807, 2.05) is 4.90 Å². The number of piperazine rings is 1. The molecule has 6 rings (SSSR count). The normalized spacial score (nSPS) is 29.9. The van der Waals surface area contributed by atoms with Crippen LogP contribution in [0.2, 0.25) is 0 Å². The van der Waals surface area contributed by atoms with Crippen molar-refractivity contribution in [2.75, 3.05) is 55.4 Å². The molecule has 8 N–H and O–H groups in total. The minimum absolute atomic E-state index is 0.193. The second-order valence-electron chi connectivity index (χ2n) is 14.7. The first-order chi connectivity index (χ1) is 26.6. The largest absolute Gasteiger partial charge is 0.394 e. The number of aliphatic hydroxyl groups is 5. The van der Waals surface area contributed by atoms with Crippen molar-refractivity contribution in [1.82, 2.24) is 29.7 Å². The van der Waals surface area contributed by atoms with E-state index in [0.717, 1.165) is 5.69 Å². The van der Waals surface area contributed by atoms with Crippen molar-refractivity contribution in [3.8, 4) is 0 Å². The van der Waals surface area contributed by atoms with E-state index in [1.165, 1.54) is 22.7 Å². The van der Waals surface area contributed by atoms with Gasteiger partial charge in [-0.05, 0) is 39.0 Å². The van der Waals surface area contributed by atoms with Crippen LogP contribution in [-0.4, -0.2) is 175 Å². The van der Waals surface area contributed by atoms with Gasteiger partial charge in [-0.15, -0.1) is 0 Å². The lowest BCUT2D eigenvalue weighted by Gasteiger charge is -2.48. The second kappa shape index (κ2) is 16.9. The van der Waals surface area contributed by atoms with Crippen LogP contribution in [0.1, 0.15) is 27.7 Å². The van der Waals surface area contributed by atoms with Gasteiger partial charge in [-0.2, -0.15) is 0 Å². The van der Waals surface area contributed by atoms with E-state index in [2.05, 4.69) is 30.9 Å². The lowest BCUT2D eigenvalue weighted by molar-refractivity contribution is -0.346. The smallest absolute Gasteiger partial charge is 0.332 e. The van der Waals surface area contributed by atoms with Crippen molar-refractivity contribution in [1.29, 1.82) is 0 Å². The molecule has 21 nitrogen and oxygen atoms in total. The molecule has 306 valence electrons. The number of hydrogen-bond donors (Lipinski definition) is 8. The zero-order valence-corrected chi connectivity index (χ0v) is 31.6. The molecule has 3 fully saturated rings. The standard InChI is InChI=1S/C35H49N9O12/c1-17(46)40-22-27(23(47)20(15-45)53-32(22)56-35(2,3)4)54-33-26(50)24(48)25(49)28(55-33)31(51)43-12-10-42(11-13-43)18-6-7-21(37-14-18)41-34(52)44-9-8-19-29(36-5)38-16-39-30(19)44/h6-9,14,16,20,22-28,32-33,45,47-50H,10-13,15H2,1-5H3,(H,40,46)(H,36,38,39)(H,37,41,52). The van der Waals surface area contributed by atoms with E-state index < -0.39 is 91.4 Å². The Morgan fingerprint density at radius 2 is 1.66 bits per heavy atom. The molecular formula is C35H49N9O12. The van der Waals surface area contributed by atoms with Gasteiger partial charge in [0, 0.05) is 46.3 Å². The molecule has 10 unspecified atom stereocenters. The van der Waals surface area contributed by atoms with Crippen molar-refractivity contribution in [2.24, 2.45) is 0 Å². The van der Waals surface area contributed by atoms with Gasteiger partial charge in [-0.1, -0.05) is 0 Å². The topological polar surface area (TPSA) is 275 Å². The molecule has 21 heteroatoms. The van der Waals surface area contributed by atoms with Crippen LogP contribution in [0.15, 0.2) is 36.9 Å². The van der Waals surface area contributed by atoms with Crippen molar-refractivity contribution >= 4 is 46.2 Å². The lowest BCUT2D eigenvalue weighted by Crippen LogP contribution is -2.69. The maximum atomic E-state index is 13.8. The Balaban J connectivity index is 1.08. The third-order valence-corrected chi connectivity index (χ3v) is 9.67. The van der Waals surface area contributed by atoms with E-state index in [-0.39, 0.29) is 13.1 Å². The van der Waals surface area contributed by atoms with Crippen molar-refractivity contribution < 1.29 is 58.9 Å².